The fourth-order valence-corrected chi connectivity index (χ4v) is 4.90. The van der Waals surface area contributed by atoms with E-state index in [0.29, 0.717) is 12.0 Å². The molecule has 11 nitrogen and oxygen atoms in total. The van der Waals surface area contributed by atoms with E-state index in [-0.39, 0.29) is 54.5 Å². The molecule has 230 valence electrons. The highest BCUT2D eigenvalue weighted by Crippen LogP contribution is 2.36. The van der Waals surface area contributed by atoms with E-state index in [0.717, 1.165) is 6.26 Å². The van der Waals surface area contributed by atoms with Gasteiger partial charge in [-0.05, 0) is 38.8 Å². The highest BCUT2D eigenvalue weighted by Gasteiger charge is 2.42. The normalized spacial score (nSPS) is 28.1. The molecule has 2 heterocycles. The van der Waals surface area contributed by atoms with Gasteiger partial charge in [0.1, 0.15) is 35.9 Å². The van der Waals surface area contributed by atoms with Gasteiger partial charge < -0.3 is 33.5 Å². The number of carbonyl (C=O) groups excluding carboxylic acids is 1. The smallest absolute Gasteiger partial charge is 0.342 e. The Kier molecular flexibility index (Phi) is 11.4. The molecule has 0 aliphatic carbocycles. The summed E-state index contributed by atoms with van der Waals surface area (Å²) >= 11 is 0. The molecule has 0 saturated carbocycles. The predicted molar refractivity (Wildman–Crippen MR) is 151 cm³/mol. The fourth-order valence-electron chi connectivity index (χ4n) is 4.49. The second-order valence-electron chi connectivity index (χ2n) is 10.9. The van der Waals surface area contributed by atoms with Crippen molar-refractivity contribution in [1.82, 2.24) is 0 Å². The Morgan fingerprint density at radius 3 is 2.46 bits per heavy atom. The van der Waals surface area contributed by atoms with Crippen LogP contribution in [-0.4, -0.2) is 83.1 Å². The average Bonchev–Trinajstić information content (AvgIpc) is 3.20. The minimum Gasteiger partial charge on any atom is -0.491 e. The largest absolute Gasteiger partial charge is 0.491 e. The second-order valence-corrected chi connectivity index (χ2v) is 12.5. The number of cyclic esters (lactones) is 1. The maximum atomic E-state index is 13.5. The van der Waals surface area contributed by atoms with E-state index in [1.165, 1.54) is 13.2 Å². The van der Waals surface area contributed by atoms with Crippen LogP contribution in [0.1, 0.15) is 57.0 Å². The van der Waals surface area contributed by atoms with Gasteiger partial charge in [0, 0.05) is 25.0 Å². The number of ether oxygens (including phenoxy) is 6. The fraction of sp³-hybridized carbons (Fsp3) is 0.621. The first-order chi connectivity index (χ1) is 19.2. The van der Waals surface area contributed by atoms with Crippen LogP contribution in [0.4, 0.5) is 0 Å². The van der Waals surface area contributed by atoms with Crippen molar-refractivity contribution < 1.29 is 50.9 Å². The Labute approximate surface area is 242 Å². The third kappa shape index (κ3) is 9.79. The van der Waals surface area contributed by atoms with E-state index in [9.17, 15) is 18.3 Å². The number of aliphatic hydroxyl groups excluding tert-OH is 1. The molecule has 2 unspecified atom stereocenters. The van der Waals surface area contributed by atoms with Gasteiger partial charge in [-0.25, -0.2) is 4.79 Å². The van der Waals surface area contributed by atoms with Gasteiger partial charge in [0.05, 0.1) is 25.1 Å². The lowest BCUT2D eigenvalue weighted by Crippen LogP contribution is -2.29. The number of fused-ring (bicyclic) bond motifs is 2. The minimum atomic E-state index is -3.72. The van der Waals surface area contributed by atoms with Gasteiger partial charge in [-0.1, -0.05) is 38.2 Å². The SMILES string of the molecule is COCOc1cc(OCC(O)COS(C)(=O)=O)cc2c1C(=O)O[C@@H](C)[C@H](C)/C=C\C(C)[C@H]1OC(C)(C)O[C@H]1CC=C2. The maximum Gasteiger partial charge on any atom is 0.342 e. The Bertz CT molecular complexity index is 1210. The Hall–Kier alpha value is -2.48. The lowest BCUT2D eigenvalue weighted by molar-refractivity contribution is -0.148. The molecule has 0 radical (unpaired) electrons. The molecule has 6 atom stereocenters. The van der Waals surface area contributed by atoms with Crippen LogP contribution in [0.2, 0.25) is 0 Å². The lowest BCUT2D eigenvalue weighted by Gasteiger charge is -2.23. The molecule has 0 aromatic heterocycles. The van der Waals surface area contributed by atoms with Gasteiger partial charge in [-0.15, -0.1) is 0 Å². The highest BCUT2D eigenvalue weighted by atomic mass is 32.2. The van der Waals surface area contributed by atoms with Crippen molar-refractivity contribution in [3.8, 4) is 11.5 Å². The van der Waals surface area contributed by atoms with E-state index in [1.54, 1.807) is 12.1 Å². The molecule has 1 saturated heterocycles. The van der Waals surface area contributed by atoms with Crippen molar-refractivity contribution in [2.24, 2.45) is 11.8 Å². The molecule has 1 aromatic carbocycles. The first-order valence-electron chi connectivity index (χ1n) is 13.6. The molecule has 0 bridgehead atoms. The summed E-state index contributed by atoms with van der Waals surface area (Å²) in [4.78, 5) is 13.5. The van der Waals surface area contributed by atoms with Gasteiger partial charge >= 0.3 is 5.97 Å². The summed E-state index contributed by atoms with van der Waals surface area (Å²) in [6, 6.07) is 3.11. The zero-order valence-corrected chi connectivity index (χ0v) is 25.5. The molecule has 12 heteroatoms. The number of aliphatic hydroxyl groups is 1. The number of hydrogen-bond donors (Lipinski definition) is 1. The average molecular weight is 599 g/mol. The van der Waals surface area contributed by atoms with Gasteiger partial charge in [0.15, 0.2) is 12.6 Å². The predicted octanol–water partition coefficient (Wildman–Crippen LogP) is 3.70. The van der Waals surface area contributed by atoms with Crippen LogP contribution in [0.5, 0.6) is 11.5 Å². The number of benzene rings is 1. The lowest BCUT2D eigenvalue weighted by atomic mass is 9.94. The van der Waals surface area contributed by atoms with Crippen molar-refractivity contribution in [2.75, 3.05) is 33.4 Å². The number of rotatable bonds is 9. The summed E-state index contributed by atoms with van der Waals surface area (Å²) < 4.78 is 61.9. The number of carbonyl (C=O) groups is 1. The summed E-state index contributed by atoms with van der Waals surface area (Å²) in [5.41, 5.74) is 0.635. The highest BCUT2D eigenvalue weighted by molar-refractivity contribution is 7.85. The molecule has 1 aromatic rings. The minimum absolute atomic E-state index is 0.0582. The van der Waals surface area contributed by atoms with Gasteiger partial charge in [-0.3, -0.25) is 4.18 Å². The second kappa shape index (κ2) is 14.1. The monoisotopic (exact) mass is 598 g/mol. The zero-order chi connectivity index (χ0) is 30.4. The third-order valence-electron chi connectivity index (χ3n) is 6.72. The number of hydrogen-bond acceptors (Lipinski definition) is 11. The molecule has 1 N–H and O–H groups in total. The molecular weight excluding hydrogens is 556 g/mol. The van der Waals surface area contributed by atoms with Crippen molar-refractivity contribution in [1.29, 1.82) is 0 Å². The molecule has 41 heavy (non-hydrogen) atoms. The van der Waals surface area contributed by atoms with Gasteiger partial charge in [-0.2, -0.15) is 8.42 Å². The Morgan fingerprint density at radius 1 is 1.07 bits per heavy atom. The Morgan fingerprint density at radius 2 is 1.78 bits per heavy atom. The standard InChI is InChI=1S/C29H42O11S/c1-18-11-12-19(2)27-24(39-29(4,5)40-27)10-8-9-21-13-23(35-15-22(30)16-37-41(7,32)33)14-25(36-17-34-6)26(21)28(31)38-20(18)3/h8-9,11-14,18-20,22,24,27,30H,10,15-17H2,1-7H3/b9-8?,12-11-/t18-,19?,20+,22?,24+,27-/m1/s1. The quantitative estimate of drug-likeness (QED) is 0.193. The molecule has 0 spiro atoms. The molecule has 0 amide bonds. The van der Waals surface area contributed by atoms with Crippen molar-refractivity contribution >= 4 is 22.2 Å². The van der Waals surface area contributed by atoms with Gasteiger partial charge in [0.25, 0.3) is 10.1 Å². The van der Waals surface area contributed by atoms with E-state index in [2.05, 4.69) is 17.2 Å². The van der Waals surface area contributed by atoms with Crippen LogP contribution in [-0.2, 0) is 33.2 Å². The third-order valence-corrected chi connectivity index (χ3v) is 7.28. The van der Waals surface area contributed by atoms with Crippen LogP contribution < -0.4 is 9.47 Å². The molecule has 1 fully saturated rings. The number of esters is 1. The summed E-state index contributed by atoms with van der Waals surface area (Å²) in [6.07, 6.45) is 7.08. The van der Waals surface area contributed by atoms with Crippen LogP contribution in [0.25, 0.3) is 6.08 Å². The van der Waals surface area contributed by atoms with Gasteiger partial charge in [0.2, 0.25) is 0 Å². The summed E-state index contributed by atoms with van der Waals surface area (Å²) in [5.74, 6) is -0.919. The van der Waals surface area contributed by atoms with Crippen LogP contribution >= 0.6 is 0 Å². The van der Waals surface area contributed by atoms with E-state index in [1.807, 2.05) is 39.8 Å². The van der Waals surface area contributed by atoms with Crippen molar-refractivity contribution in [3.05, 3.63) is 41.5 Å². The summed E-state index contributed by atoms with van der Waals surface area (Å²) in [5, 5.41) is 10.1. The van der Waals surface area contributed by atoms with Crippen LogP contribution in [0.3, 0.4) is 0 Å². The van der Waals surface area contributed by atoms with E-state index < -0.39 is 40.7 Å². The Balaban J connectivity index is 1.99. The van der Waals surface area contributed by atoms with Crippen molar-refractivity contribution in [3.63, 3.8) is 0 Å². The van der Waals surface area contributed by atoms with E-state index >= 15 is 0 Å². The maximum absolute atomic E-state index is 13.5. The van der Waals surface area contributed by atoms with Crippen molar-refractivity contribution in [2.45, 2.75) is 71.2 Å². The first-order valence-corrected chi connectivity index (χ1v) is 15.4. The zero-order valence-electron chi connectivity index (χ0n) is 24.7. The number of methoxy groups -OCH3 is 1. The topological polar surface area (TPSA) is 136 Å². The molecule has 2 aliphatic heterocycles. The van der Waals surface area contributed by atoms with Crippen LogP contribution in [0.15, 0.2) is 30.4 Å². The summed E-state index contributed by atoms with van der Waals surface area (Å²) in [6.45, 7) is 8.77. The van der Waals surface area contributed by atoms with E-state index in [4.69, 9.17) is 28.4 Å². The molecule has 3 rings (SSSR count). The molecular formula is C29H42O11S. The van der Waals surface area contributed by atoms with Crippen LogP contribution in [0, 0.1) is 11.8 Å². The first kappa shape index (κ1) is 33.0. The molecule has 2 aliphatic rings. The summed E-state index contributed by atoms with van der Waals surface area (Å²) in [7, 11) is -2.27.